The van der Waals surface area contributed by atoms with Gasteiger partial charge in [-0.2, -0.15) is 4.98 Å². The molecule has 1 atom stereocenters. The van der Waals surface area contributed by atoms with Crippen LogP contribution in [0.2, 0.25) is 0 Å². The number of aromatic nitrogens is 2. The van der Waals surface area contributed by atoms with Crippen molar-refractivity contribution >= 4 is 0 Å². The van der Waals surface area contributed by atoms with Crippen molar-refractivity contribution in [3.05, 3.63) is 35.5 Å². The van der Waals surface area contributed by atoms with Crippen LogP contribution in [0.1, 0.15) is 12.8 Å². The fourth-order valence-corrected chi connectivity index (χ4v) is 1.53. The molecule has 1 aromatic carbocycles. The summed E-state index contributed by atoms with van der Waals surface area (Å²) in [5, 5.41) is 13.3. The number of hydrogen-bond acceptors (Lipinski definition) is 5. The molecule has 0 aliphatic rings. The van der Waals surface area contributed by atoms with E-state index >= 15 is 0 Å². The summed E-state index contributed by atoms with van der Waals surface area (Å²) in [6.07, 6.45) is -0.0113. The minimum atomic E-state index is -1.57. The van der Waals surface area contributed by atoms with E-state index in [-0.39, 0.29) is 30.2 Å². The van der Waals surface area contributed by atoms with Crippen molar-refractivity contribution in [3.63, 3.8) is 0 Å². The molecule has 2 rings (SSSR count). The maximum atomic E-state index is 13.1. The lowest BCUT2D eigenvalue weighted by atomic mass is 10.0. The summed E-state index contributed by atoms with van der Waals surface area (Å²) in [5.74, 6) is -4.31. The first kappa shape index (κ1) is 14.5. The van der Waals surface area contributed by atoms with E-state index in [1.807, 2.05) is 0 Å². The van der Waals surface area contributed by atoms with Crippen LogP contribution in [0.25, 0.3) is 11.4 Å². The van der Waals surface area contributed by atoms with E-state index in [0.717, 1.165) is 12.1 Å². The zero-order chi connectivity index (χ0) is 14.9. The number of hydrogen-bond donors (Lipinski definition) is 2. The lowest BCUT2D eigenvalue weighted by Crippen LogP contribution is -2.36. The minimum Gasteiger partial charge on any atom is -0.388 e. The Labute approximate surface area is 112 Å². The van der Waals surface area contributed by atoms with Crippen molar-refractivity contribution in [2.45, 2.75) is 18.9 Å². The van der Waals surface area contributed by atoms with Crippen LogP contribution < -0.4 is 5.73 Å². The number of nitrogens with two attached hydrogens (primary N) is 1. The Morgan fingerprint density at radius 2 is 1.90 bits per heavy atom. The van der Waals surface area contributed by atoms with E-state index in [1.165, 1.54) is 6.92 Å². The first-order chi connectivity index (χ1) is 9.32. The smallest absolute Gasteiger partial charge is 0.229 e. The second kappa shape index (κ2) is 5.22. The Balaban J connectivity index is 2.29. The van der Waals surface area contributed by atoms with Crippen molar-refractivity contribution in [1.82, 2.24) is 10.1 Å². The molecule has 8 heteroatoms. The van der Waals surface area contributed by atoms with Gasteiger partial charge in [-0.3, -0.25) is 0 Å². The predicted octanol–water partition coefficient (Wildman–Crippen LogP) is 1.41. The van der Waals surface area contributed by atoms with Crippen LogP contribution in [0.5, 0.6) is 0 Å². The summed E-state index contributed by atoms with van der Waals surface area (Å²) in [7, 11) is 0. The SMILES string of the molecule is CC(O)(CN)Cc1nc(-c2cc(F)c(F)c(F)c2)no1. The fourth-order valence-electron chi connectivity index (χ4n) is 1.53. The Morgan fingerprint density at radius 1 is 1.30 bits per heavy atom. The number of rotatable bonds is 4. The summed E-state index contributed by atoms with van der Waals surface area (Å²) in [6, 6.07) is 1.52. The number of nitrogens with zero attached hydrogens (tertiary/aromatic N) is 2. The molecule has 5 nitrogen and oxygen atoms in total. The highest BCUT2D eigenvalue weighted by Gasteiger charge is 2.23. The van der Waals surface area contributed by atoms with Gasteiger partial charge in [-0.25, -0.2) is 13.2 Å². The van der Waals surface area contributed by atoms with Gasteiger partial charge in [0, 0.05) is 12.1 Å². The fraction of sp³-hybridized carbons (Fsp3) is 0.333. The molecule has 0 radical (unpaired) electrons. The van der Waals surface area contributed by atoms with Crippen molar-refractivity contribution in [1.29, 1.82) is 0 Å². The monoisotopic (exact) mass is 287 g/mol. The summed E-state index contributed by atoms with van der Waals surface area (Å²) in [6.45, 7) is 1.46. The molecule has 1 heterocycles. The van der Waals surface area contributed by atoms with Gasteiger partial charge >= 0.3 is 0 Å². The molecule has 0 aliphatic heterocycles. The number of aliphatic hydroxyl groups is 1. The summed E-state index contributed by atoms with van der Waals surface area (Å²) in [4.78, 5) is 3.88. The van der Waals surface area contributed by atoms with E-state index in [9.17, 15) is 18.3 Å². The maximum absolute atomic E-state index is 13.1. The van der Waals surface area contributed by atoms with Crippen LogP contribution in [0.3, 0.4) is 0 Å². The quantitative estimate of drug-likeness (QED) is 0.830. The van der Waals surface area contributed by atoms with E-state index < -0.39 is 23.1 Å². The van der Waals surface area contributed by atoms with Gasteiger partial charge in [-0.15, -0.1) is 0 Å². The first-order valence-electron chi connectivity index (χ1n) is 5.72. The van der Waals surface area contributed by atoms with Gasteiger partial charge in [0.2, 0.25) is 11.7 Å². The van der Waals surface area contributed by atoms with Gasteiger partial charge in [0.25, 0.3) is 0 Å². The topological polar surface area (TPSA) is 85.2 Å². The molecule has 0 spiro atoms. The maximum Gasteiger partial charge on any atom is 0.229 e. The number of halogens is 3. The van der Waals surface area contributed by atoms with Crippen LogP contribution in [-0.2, 0) is 6.42 Å². The molecule has 0 saturated carbocycles. The molecule has 0 saturated heterocycles. The minimum absolute atomic E-state index is 0.0113. The molecule has 20 heavy (non-hydrogen) atoms. The van der Waals surface area contributed by atoms with E-state index in [4.69, 9.17) is 10.3 Å². The molecular formula is C12H12F3N3O2. The molecule has 0 amide bonds. The molecule has 1 unspecified atom stereocenters. The second-order valence-electron chi connectivity index (χ2n) is 4.64. The number of benzene rings is 1. The highest BCUT2D eigenvalue weighted by atomic mass is 19.2. The van der Waals surface area contributed by atoms with Crippen molar-refractivity contribution < 1.29 is 22.8 Å². The molecule has 0 bridgehead atoms. The highest BCUT2D eigenvalue weighted by Crippen LogP contribution is 2.22. The van der Waals surface area contributed by atoms with Crippen LogP contribution in [0.4, 0.5) is 13.2 Å². The Bertz CT molecular complexity index is 605. The molecule has 1 aromatic heterocycles. The molecule has 2 aromatic rings. The average molecular weight is 287 g/mol. The van der Waals surface area contributed by atoms with Gasteiger partial charge < -0.3 is 15.4 Å². The summed E-state index contributed by atoms with van der Waals surface area (Å²) >= 11 is 0. The molecular weight excluding hydrogens is 275 g/mol. The lowest BCUT2D eigenvalue weighted by Gasteiger charge is -2.17. The van der Waals surface area contributed by atoms with Crippen molar-refractivity contribution in [3.8, 4) is 11.4 Å². The normalized spacial score (nSPS) is 14.3. The standard InChI is InChI=1S/C12H12F3N3O2/c1-12(19,5-16)4-9-17-11(18-20-9)6-2-7(13)10(15)8(14)3-6/h2-3,19H,4-5,16H2,1H3. The molecule has 3 N–H and O–H groups in total. The van der Waals surface area contributed by atoms with Crippen LogP contribution in [-0.4, -0.2) is 27.4 Å². The molecule has 108 valence electrons. The first-order valence-corrected chi connectivity index (χ1v) is 5.72. The van der Waals surface area contributed by atoms with E-state index in [0.29, 0.717) is 0 Å². The zero-order valence-corrected chi connectivity index (χ0v) is 10.5. The van der Waals surface area contributed by atoms with Gasteiger partial charge in [0.05, 0.1) is 12.0 Å². The predicted molar refractivity (Wildman–Crippen MR) is 63.0 cm³/mol. The third-order valence-corrected chi connectivity index (χ3v) is 2.68. The van der Waals surface area contributed by atoms with Crippen LogP contribution >= 0.6 is 0 Å². The van der Waals surface area contributed by atoms with Gasteiger partial charge in [0.1, 0.15) is 0 Å². The Kier molecular flexibility index (Phi) is 3.78. The molecule has 0 aliphatic carbocycles. The van der Waals surface area contributed by atoms with Gasteiger partial charge in [0.15, 0.2) is 17.5 Å². The van der Waals surface area contributed by atoms with E-state index in [1.54, 1.807) is 0 Å². The van der Waals surface area contributed by atoms with Crippen molar-refractivity contribution in [2.24, 2.45) is 5.73 Å². The largest absolute Gasteiger partial charge is 0.388 e. The third kappa shape index (κ3) is 2.97. The van der Waals surface area contributed by atoms with Crippen LogP contribution in [0.15, 0.2) is 16.7 Å². The molecule has 0 fully saturated rings. The van der Waals surface area contributed by atoms with Gasteiger partial charge in [-0.05, 0) is 19.1 Å². The lowest BCUT2D eigenvalue weighted by molar-refractivity contribution is 0.0610. The highest BCUT2D eigenvalue weighted by molar-refractivity contribution is 5.54. The van der Waals surface area contributed by atoms with Crippen LogP contribution in [0, 0.1) is 17.5 Å². The Morgan fingerprint density at radius 3 is 2.45 bits per heavy atom. The summed E-state index contributed by atoms with van der Waals surface area (Å²) in [5.41, 5.74) is 4.05. The summed E-state index contributed by atoms with van der Waals surface area (Å²) < 4.78 is 43.9. The van der Waals surface area contributed by atoms with E-state index in [2.05, 4.69) is 10.1 Å². The zero-order valence-electron chi connectivity index (χ0n) is 10.5. The third-order valence-electron chi connectivity index (χ3n) is 2.68. The average Bonchev–Trinajstić information content (AvgIpc) is 2.83. The van der Waals surface area contributed by atoms with Crippen molar-refractivity contribution in [2.75, 3.05) is 6.54 Å². The second-order valence-corrected chi connectivity index (χ2v) is 4.64. The van der Waals surface area contributed by atoms with Gasteiger partial charge in [-0.1, -0.05) is 5.16 Å². The Hall–Kier alpha value is -1.93.